The zero-order valence-electron chi connectivity index (χ0n) is 18.4. The lowest BCUT2D eigenvalue weighted by Gasteiger charge is -2.08. The molecule has 168 valence electrons. The number of amides is 1. The quantitative estimate of drug-likeness (QED) is 0.431. The molecule has 0 aliphatic heterocycles. The van der Waals surface area contributed by atoms with Crippen molar-refractivity contribution in [3.8, 4) is 27.6 Å². The van der Waals surface area contributed by atoms with Crippen molar-refractivity contribution < 1.29 is 9.53 Å². The maximum Gasteiger partial charge on any atom is 0.267 e. The Morgan fingerprint density at radius 1 is 1.03 bits per heavy atom. The van der Waals surface area contributed by atoms with E-state index in [2.05, 4.69) is 22.3 Å². The van der Waals surface area contributed by atoms with Crippen LogP contribution in [0.15, 0.2) is 70.8 Å². The van der Waals surface area contributed by atoms with Gasteiger partial charge in [-0.1, -0.05) is 31.2 Å². The number of nitrogens with zero attached hydrogens (tertiary/aromatic N) is 3. The number of aromatic nitrogens is 3. The predicted octanol–water partition coefficient (Wildman–Crippen LogP) is 3.92. The van der Waals surface area contributed by atoms with E-state index in [0.717, 1.165) is 34.0 Å². The topological polar surface area (TPSA) is 86.1 Å². The first-order valence-electron chi connectivity index (χ1n) is 10.6. The number of thiazole rings is 1. The summed E-state index contributed by atoms with van der Waals surface area (Å²) in [5.74, 6) is 0.482. The largest absolute Gasteiger partial charge is 0.497 e. The molecule has 0 aliphatic carbocycles. The van der Waals surface area contributed by atoms with Crippen LogP contribution in [0.1, 0.15) is 18.2 Å². The van der Waals surface area contributed by atoms with E-state index >= 15 is 0 Å². The van der Waals surface area contributed by atoms with Crippen molar-refractivity contribution in [2.75, 3.05) is 7.11 Å². The lowest BCUT2D eigenvalue weighted by molar-refractivity contribution is -0.122. The average Bonchev–Trinajstić information content (AvgIpc) is 3.33. The third kappa shape index (κ3) is 5.53. The van der Waals surface area contributed by atoms with Gasteiger partial charge in [-0.3, -0.25) is 9.59 Å². The predicted molar refractivity (Wildman–Crippen MR) is 129 cm³/mol. The van der Waals surface area contributed by atoms with Gasteiger partial charge in [-0.2, -0.15) is 5.10 Å². The normalized spacial score (nSPS) is 10.7. The van der Waals surface area contributed by atoms with Crippen LogP contribution in [0.2, 0.25) is 0 Å². The number of ether oxygens (including phenoxy) is 1. The Kier molecular flexibility index (Phi) is 6.95. The molecule has 0 aliphatic rings. The maximum atomic E-state index is 12.5. The molecule has 2 aromatic carbocycles. The first-order chi connectivity index (χ1) is 16.1. The Morgan fingerprint density at radius 2 is 1.76 bits per heavy atom. The smallest absolute Gasteiger partial charge is 0.267 e. The third-order valence-electron chi connectivity index (χ3n) is 5.17. The Labute approximate surface area is 195 Å². The number of carbonyl (C=O) groups is 1. The molecule has 0 atom stereocenters. The second kappa shape index (κ2) is 10.2. The lowest BCUT2D eigenvalue weighted by atomic mass is 10.1. The molecule has 0 unspecified atom stereocenters. The fraction of sp³-hybridized carbons (Fsp3) is 0.200. The minimum absolute atomic E-state index is 0.158. The summed E-state index contributed by atoms with van der Waals surface area (Å²) in [5, 5.41) is 9.96. The van der Waals surface area contributed by atoms with Crippen molar-refractivity contribution in [2.24, 2.45) is 0 Å². The highest BCUT2D eigenvalue weighted by Gasteiger charge is 2.10. The Hall–Kier alpha value is -3.78. The molecule has 33 heavy (non-hydrogen) atoms. The van der Waals surface area contributed by atoms with Gasteiger partial charge in [0.25, 0.3) is 5.56 Å². The van der Waals surface area contributed by atoms with Crippen LogP contribution in [0.25, 0.3) is 21.8 Å². The molecule has 2 aromatic heterocycles. The van der Waals surface area contributed by atoms with Crippen molar-refractivity contribution in [3.05, 3.63) is 87.7 Å². The van der Waals surface area contributed by atoms with Gasteiger partial charge in [-0.15, -0.1) is 11.3 Å². The van der Waals surface area contributed by atoms with Crippen molar-refractivity contribution in [3.63, 3.8) is 0 Å². The van der Waals surface area contributed by atoms with Crippen LogP contribution in [0.5, 0.6) is 5.75 Å². The molecule has 0 fully saturated rings. The van der Waals surface area contributed by atoms with Crippen molar-refractivity contribution in [1.29, 1.82) is 0 Å². The molecule has 1 amide bonds. The van der Waals surface area contributed by atoms with Crippen LogP contribution in [0, 0.1) is 0 Å². The van der Waals surface area contributed by atoms with Gasteiger partial charge < -0.3 is 10.1 Å². The minimum atomic E-state index is -0.325. The summed E-state index contributed by atoms with van der Waals surface area (Å²) >= 11 is 1.51. The molecule has 7 nitrogen and oxygen atoms in total. The molecule has 4 aromatic rings. The standard InChI is InChI=1S/C25H24N4O3S/c1-3-17-4-6-18(7-5-17)22-12-13-24(31)29(28-22)15-23(30)26-14-20-16-33-25(27-20)19-8-10-21(32-2)11-9-19/h4-13,16H,3,14-15H2,1-2H3,(H,26,30). The first kappa shape index (κ1) is 22.4. The number of nitrogens with one attached hydrogen (secondary N) is 1. The fourth-order valence-corrected chi connectivity index (χ4v) is 4.09. The van der Waals surface area contributed by atoms with E-state index in [4.69, 9.17) is 4.74 Å². The number of carbonyl (C=O) groups excluding carboxylic acids is 1. The van der Waals surface area contributed by atoms with Gasteiger partial charge in [-0.25, -0.2) is 9.67 Å². The van der Waals surface area contributed by atoms with E-state index in [0.29, 0.717) is 5.69 Å². The summed E-state index contributed by atoms with van der Waals surface area (Å²) in [6.45, 7) is 2.21. The van der Waals surface area contributed by atoms with Crippen LogP contribution < -0.4 is 15.6 Å². The van der Waals surface area contributed by atoms with E-state index in [1.165, 1.54) is 27.6 Å². The Morgan fingerprint density at radius 3 is 2.45 bits per heavy atom. The highest BCUT2D eigenvalue weighted by Crippen LogP contribution is 2.25. The van der Waals surface area contributed by atoms with Crippen molar-refractivity contribution >= 4 is 17.2 Å². The number of methoxy groups -OCH3 is 1. The molecule has 1 N–H and O–H groups in total. The maximum absolute atomic E-state index is 12.5. The fourth-order valence-electron chi connectivity index (χ4n) is 3.26. The number of hydrogen-bond acceptors (Lipinski definition) is 6. The van der Waals surface area contributed by atoms with E-state index in [-0.39, 0.29) is 24.6 Å². The van der Waals surface area contributed by atoms with Crippen LogP contribution in [-0.2, 0) is 24.3 Å². The van der Waals surface area contributed by atoms with Gasteiger partial charge in [0.05, 0.1) is 25.0 Å². The molecular weight excluding hydrogens is 436 g/mol. The van der Waals surface area contributed by atoms with Crippen LogP contribution in [0.4, 0.5) is 0 Å². The van der Waals surface area contributed by atoms with Crippen LogP contribution in [-0.4, -0.2) is 27.8 Å². The Balaban J connectivity index is 1.39. The van der Waals surface area contributed by atoms with Crippen LogP contribution >= 0.6 is 11.3 Å². The van der Waals surface area contributed by atoms with E-state index in [9.17, 15) is 9.59 Å². The third-order valence-corrected chi connectivity index (χ3v) is 6.11. The van der Waals surface area contributed by atoms with Crippen molar-refractivity contribution in [2.45, 2.75) is 26.4 Å². The monoisotopic (exact) mass is 460 g/mol. The van der Waals surface area contributed by atoms with Gasteiger partial charge in [0.2, 0.25) is 5.91 Å². The van der Waals surface area contributed by atoms with Crippen molar-refractivity contribution in [1.82, 2.24) is 20.1 Å². The molecule has 0 bridgehead atoms. The zero-order chi connectivity index (χ0) is 23.2. The molecule has 0 radical (unpaired) electrons. The van der Waals surface area contributed by atoms with E-state index in [1.54, 1.807) is 13.2 Å². The first-order valence-corrected chi connectivity index (χ1v) is 11.5. The summed E-state index contributed by atoms with van der Waals surface area (Å²) in [7, 11) is 1.63. The Bertz CT molecular complexity index is 1290. The molecule has 4 rings (SSSR count). The molecule has 0 spiro atoms. The summed E-state index contributed by atoms with van der Waals surface area (Å²) in [6, 6.07) is 18.8. The number of hydrogen-bond donors (Lipinski definition) is 1. The summed E-state index contributed by atoms with van der Waals surface area (Å²) in [4.78, 5) is 29.3. The molecule has 2 heterocycles. The second-order valence-electron chi connectivity index (χ2n) is 7.41. The SMILES string of the molecule is CCc1ccc(-c2ccc(=O)n(CC(=O)NCc3csc(-c4ccc(OC)cc4)n3)n2)cc1. The minimum Gasteiger partial charge on any atom is -0.497 e. The van der Waals surface area contributed by atoms with Gasteiger partial charge in [0.15, 0.2) is 0 Å². The van der Waals surface area contributed by atoms with Gasteiger partial charge >= 0.3 is 0 Å². The highest BCUT2D eigenvalue weighted by atomic mass is 32.1. The van der Waals surface area contributed by atoms with Crippen LogP contribution in [0.3, 0.4) is 0 Å². The average molecular weight is 461 g/mol. The highest BCUT2D eigenvalue weighted by molar-refractivity contribution is 7.13. The van der Waals surface area contributed by atoms with Gasteiger partial charge in [0, 0.05) is 22.6 Å². The number of aryl methyl sites for hydroxylation is 1. The van der Waals surface area contributed by atoms with E-state index < -0.39 is 0 Å². The number of benzene rings is 2. The molecular formula is C25H24N4O3S. The summed E-state index contributed by atoms with van der Waals surface area (Å²) < 4.78 is 6.36. The second-order valence-corrected chi connectivity index (χ2v) is 8.27. The molecule has 0 saturated carbocycles. The van der Waals surface area contributed by atoms with Gasteiger partial charge in [0.1, 0.15) is 17.3 Å². The molecule has 0 saturated heterocycles. The van der Waals surface area contributed by atoms with Gasteiger partial charge in [-0.05, 0) is 42.3 Å². The van der Waals surface area contributed by atoms with E-state index in [1.807, 2.05) is 53.9 Å². The zero-order valence-corrected chi connectivity index (χ0v) is 19.3. The summed E-state index contributed by atoms with van der Waals surface area (Å²) in [5.41, 5.74) is 4.18. The molecule has 8 heteroatoms. The lowest BCUT2D eigenvalue weighted by Crippen LogP contribution is -2.33. The number of rotatable bonds is 8. The summed E-state index contributed by atoms with van der Waals surface area (Å²) in [6.07, 6.45) is 0.952.